The van der Waals surface area contributed by atoms with Gasteiger partial charge in [0.25, 0.3) is 0 Å². The van der Waals surface area contributed by atoms with Crippen LogP contribution in [0.5, 0.6) is 0 Å². The quantitative estimate of drug-likeness (QED) is 0.862. The zero-order valence-corrected chi connectivity index (χ0v) is 12.3. The number of benzene rings is 1. The number of hydrogen-bond donors (Lipinski definition) is 1. The van der Waals surface area contributed by atoms with Gasteiger partial charge in [0.15, 0.2) is 15.6 Å². The van der Waals surface area contributed by atoms with E-state index >= 15 is 0 Å². The minimum atomic E-state index is -3.02. The van der Waals surface area contributed by atoms with Crippen LogP contribution in [-0.2, 0) is 9.84 Å². The van der Waals surface area contributed by atoms with E-state index in [1.807, 2.05) is 30.3 Å². The number of sulfone groups is 1. The zero-order valence-electron chi connectivity index (χ0n) is 11.5. The Bertz CT molecular complexity index is 786. The van der Waals surface area contributed by atoms with Crippen LogP contribution < -0.4 is 5.32 Å². The molecule has 2 aromatic rings. The van der Waals surface area contributed by atoms with E-state index in [-0.39, 0.29) is 29.8 Å². The Morgan fingerprint density at radius 1 is 1.33 bits per heavy atom. The summed E-state index contributed by atoms with van der Waals surface area (Å²) in [4.78, 5) is 16.6. The highest BCUT2D eigenvalue weighted by molar-refractivity contribution is 7.91. The Labute approximate surface area is 123 Å². The fourth-order valence-corrected chi connectivity index (χ4v) is 4.01. The summed E-state index contributed by atoms with van der Waals surface area (Å²) in [7, 11) is -3.02. The molecule has 0 radical (unpaired) electrons. The molecule has 0 bridgehead atoms. The maximum atomic E-state index is 12.3. The number of Topliss-reactive ketones (excluding diaryl/α,β-unsaturated/α-hetero) is 1. The van der Waals surface area contributed by atoms with Gasteiger partial charge < -0.3 is 5.32 Å². The second kappa shape index (κ2) is 5.54. The fourth-order valence-electron chi connectivity index (χ4n) is 2.56. The summed E-state index contributed by atoms with van der Waals surface area (Å²) < 4.78 is 23.2. The number of rotatable bonds is 3. The van der Waals surface area contributed by atoms with Gasteiger partial charge in [0.1, 0.15) is 0 Å². The molecule has 1 N–H and O–H groups in total. The summed E-state index contributed by atoms with van der Waals surface area (Å²) in [6.07, 6.45) is 1.74. The lowest BCUT2D eigenvalue weighted by Gasteiger charge is -2.22. The van der Waals surface area contributed by atoms with E-state index in [0.29, 0.717) is 12.1 Å². The van der Waals surface area contributed by atoms with Gasteiger partial charge in [0, 0.05) is 36.2 Å². The first kappa shape index (κ1) is 14.2. The normalized spacial score (nSPS) is 21.2. The monoisotopic (exact) mass is 304 g/mol. The number of carbonyl (C=O) groups excluding carboxylic acids is 1. The Kier molecular flexibility index (Phi) is 3.73. The van der Waals surface area contributed by atoms with Crippen LogP contribution in [0.1, 0.15) is 16.8 Å². The summed E-state index contributed by atoms with van der Waals surface area (Å²) >= 11 is 0. The number of aromatic nitrogens is 1. The van der Waals surface area contributed by atoms with Gasteiger partial charge in [0.2, 0.25) is 0 Å². The molecule has 1 aliphatic rings. The third-order valence-corrected chi connectivity index (χ3v) is 5.38. The van der Waals surface area contributed by atoms with Crippen molar-refractivity contribution in [3.8, 4) is 0 Å². The molecule has 5 nitrogen and oxygen atoms in total. The first-order valence-electron chi connectivity index (χ1n) is 6.85. The second-order valence-corrected chi connectivity index (χ2v) is 7.54. The molecule has 1 aromatic carbocycles. The highest BCUT2D eigenvalue weighted by atomic mass is 32.2. The van der Waals surface area contributed by atoms with Gasteiger partial charge in [-0.2, -0.15) is 0 Å². The second-order valence-electron chi connectivity index (χ2n) is 5.31. The van der Waals surface area contributed by atoms with Crippen LogP contribution in [0.3, 0.4) is 0 Å². The van der Waals surface area contributed by atoms with Crippen molar-refractivity contribution < 1.29 is 13.2 Å². The number of carbonyl (C=O) groups is 1. The van der Waals surface area contributed by atoms with Crippen LogP contribution in [0.2, 0.25) is 0 Å². The predicted octanol–water partition coefficient (Wildman–Crippen LogP) is 1.19. The lowest BCUT2D eigenvalue weighted by atomic mass is 10.0. The van der Waals surface area contributed by atoms with Crippen molar-refractivity contribution >= 4 is 26.5 Å². The molecular formula is C15H16N2O3S. The van der Waals surface area contributed by atoms with Crippen molar-refractivity contribution in [3.05, 3.63) is 42.1 Å². The van der Waals surface area contributed by atoms with Crippen LogP contribution in [0.25, 0.3) is 10.9 Å². The van der Waals surface area contributed by atoms with Gasteiger partial charge in [-0.1, -0.05) is 18.2 Å². The van der Waals surface area contributed by atoms with E-state index in [1.54, 1.807) is 6.20 Å². The highest BCUT2D eigenvalue weighted by Crippen LogP contribution is 2.15. The average Bonchev–Trinajstić information content (AvgIpc) is 2.45. The molecular weight excluding hydrogens is 288 g/mol. The third kappa shape index (κ3) is 3.28. The Hall–Kier alpha value is -1.79. The number of para-hydroxylation sites is 1. The smallest absolute Gasteiger partial charge is 0.166 e. The molecule has 2 heterocycles. The minimum Gasteiger partial charge on any atom is -0.312 e. The molecule has 1 aromatic heterocycles. The number of nitrogens with zero attached hydrogens (tertiary/aromatic N) is 1. The van der Waals surface area contributed by atoms with E-state index in [9.17, 15) is 13.2 Å². The molecule has 6 heteroatoms. The molecule has 0 spiro atoms. The van der Waals surface area contributed by atoms with Gasteiger partial charge in [-0.3, -0.25) is 9.78 Å². The van der Waals surface area contributed by atoms with Crippen LogP contribution in [0, 0.1) is 0 Å². The maximum Gasteiger partial charge on any atom is 0.166 e. The van der Waals surface area contributed by atoms with Crippen molar-refractivity contribution in [2.24, 2.45) is 0 Å². The summed E-state index contributed by atoms with van der Waals surface area (Å²) in [6, 6.07) is 9.09. The average molecular weight is 304 g/mol. The molecule has 0 saturated carbocycles. The highest BCUT2D eigenvalue weighted by Gasteiger charge is 2.26. The molecule has 110 valence electrons. The molecule has 1 unspecified atom stereocenters. The molecule has 1 fully saturated rings. The van der Waals surface area contributed by atoms with Crippen LogP contribution >= 0.6 is 0 Å². The summed E-state index contributed by atoms with van der Waals surface area (Å²) in [5.74, 6) is 0.0949. The molecule has 0 aliphatic carbocycles. The standard InChI is InChI=1S/C15H16N2O3S/c18-15(8-13-10-21(19,20)6-5-16-13)12-7-11-3-1-2-4-14(11)17-9-12/h1-4,7,9,13,16H,5-6,8,10H2. The summed E-state index contributed by atoms with van der Waals surface area (Å²) in [6.45, 7) is 0.413. The van der Waals surface area contributed by atoms with Crippen LogP contribution in [0.15, 0.2) is 36.5 Å². The molecule has 1 saturated heterocycles. The van der Waals surface area contributed by atoms with Gasteiger partial charge in [-0.05, 0) is 12.1 Å². The molecule has 3 rings (SSSR count). The van der Waals surface area contributed by atoms with E-state index < -0.39 is 9.84 Å². The van der Waals surface area contributed by atoms with Gasteiger partial charge in [-0.15, -0.1) is 0 Å². The Morgan fingerprint density at radius 3 is 2.95 bits per heavy atom. The first-order valence-corrected chi connectivity index (χ1v) is 8.67. The van der Waals surface area contributed by atoms with Crippen LogP contribution in [0.4, 0.5) is 0 Å². The van der Waals surface area contributed by atoms with Crippen molar-refractivity contribution in [2.45, 2.75) is 12.5 Å². The maximum absolute atomic E-state index is 12.3. The molecule has 1 aliphatic heterocycles. The van der Waals surface area contributed by atoms with Crippen molar-refractivity contribution in [2.75, 3.05) is 18.1 Å². The van der Waals surface area contributed by atoms with Crippen molar-refractivity contribution in [3.63, 3.8) is 0 Å². The van der Waals surface area contributed by atoms with E-state index in [2.05, 4.69) is 10.3 Å². The Morgan fingerprint density at radius 2 is 2.14 bits per heavy atom. The number of pyridine rings is 1. The van der Waals surface area contributed by atoms with E-state index in [0.717, 1.165) is 10.9 Å². The number of hydrogen-bond acceptors (Lipinski definition) is 5. The lowest BCUT2D eigenvalue weighted by molar-refractivity contribution is 0.0971. The van der Waals surface area contributed by atoms with E-state index in [1.165, 1.54) is 0 Å². The van der Waals surface area contributed by atoms with E-state index in [4.69, 9.17) is 0 Å². The summed E-state index contributed by atoms with van der Waals surface area (Å²) in [5.41, 5.74) is 1.37. The number of ketones is 1. The van der Waals surface area contributed by atoms with Crippen molar-refractivity contribution in [1.82, 2.24) is 10.3 Å². The number of nitrogens with one attached hydrogen (secondary N) is 1. The summed E-state index contributed by atoms with van der Waals surface area (Å²) in [5, 5.41) is 4.00. The topological polar surface area (TPSA) is 76.1 Å². The van der Waals surface area contributed by atoms with Gasteiger partial charge >= 0.3 is 0 Å². The lowest BCUT2D eigenvalue weighted by Crippen LogP contribution is -2.46. The van der Waals surface area contributed by atoms with Crippen molar-refractivity contribution in [1.29, 1.82) is 0 Å². The largest absolute Gasteiger partial charge is 0.312 e. The van der Waals surface area contributed by atoms with Gasteiger partial charge in [0.05, 0.1) is 17.0 Å². The van der Waals surface area contributed by atoms with Gasteiger partial charge in [-0.25, -0.2) is 8.42 Å². The predicted molar refractivity (Wildman–Crippen MR) is 81.1 cm³/mol. The number of fused-ring (bicyclic) bond motifs is 1. The van der Waals surface area contributed by atoms with Crippen LogP contribution in [-0.4, -0.2) is 43.3 Å². The molecule has 1 atom stereocenters. The SMILES string of the molecule is O=C(CC1CS(=O)(=O)CCN1)c1cnc2ccccc2c1. The molecule has 21 heavy (non-hydrogen) atoms. The minimum absolute atomic E-state index is 0.0275. The first-order chi connectivity index (χ1) is 10.0. The zero-order chi connectivity index (χ0) is 14.9. The Balaban J connectivity index is 1.77. The molecule has 0 amide bonds. The fraction of sp³-hybridized carbons (Fsp3) is 0.333. The third-order valence-electron chi connectivity index (χ3n) is 3.65.